The van der Waals surface area contributed by atoms with Gasteiger partial charge in [-0.05, 0) is 25.4 Å². The summed E-state index contributed by atoms with van der Waals surface area (Å²) >= 11 is 3.14. The van der Waals surface area contributed by atoms with Gasteiger partial charge in [-0.15, -0.1) is 23.5 Å². The molecule has 0 N–H and O–H groups in total. The fraction of sp³-hybridized carbons (Fsp3) is 0.824. The van der Waals surface area contributed by atoms with E-state index in [-0.39, 0.29) is 22.4 Å². The van der Waals surface area contributed by atoms with Gasteiger partial charge in [0.25, 0.3) is 0 Å². The van der Waals surface area contributed by atoms with Crippen molar-refractivity contribution in [1.29, 1.82) is 0 Å². The number of nitrogens with zero attached hydrogens (tertiary/aromatic N) is 1. The molecule has 2 atom stereocenters. The summed E-state index contributed by atoms with van der Waals surface area (Å²) in [6.07, 6.45) is 5.64. The van der Waals surface area contributed by atoms with E-state index in [9.17, 15) is 14.4 Å². The lowest BCUT2D eigenvalue weighted by molar-refractivity contribution is -0.157. The van der Waals surface area contributed by atoms with Crippen LogP contribution in [0.1, 0.15) is 47.0 Å². The number of amides is 2. The Balaban J connectivity index is 3.14. The summed E-state index contributed by atoms with van der Waals surface area (Å²) in [5.74, 6) is -1.22. The molecule has 1 aliphatic rings. The van der Waals surface area contributed by atoms with Crippen LogP contribution in [0.3, 0.4) is 0 Å². The average molecular weight is 376 g/mol. The van der Waals surface area contributed by atoms with Crippen molar-refractivity contribution >= 4 is 41.3 Å². The molecule has 1 saturated heterocycles. The number of imide groups is 1. The largest absolute Gasteiger partial charge is 0.460 e. The van der Waals surface area contributed by atoms with Gasteiger partial charge in [-0.1, -0.05) is 27.2 Å². The van der Waals surface area contributed by atoms with Crippen molar-refractivity contribution in [2.24, 2.45) is 11.3 Å². The number of thioether (sulfide) groups is 2. The van der Waals surface area contributed by atoms with Gasteiger partial charge in [0, 0.05) is 18.9 Å². The highest BCUT2D eigenvalue weighted by Crippen LogP contribution is 2.34. The van der Waals surface area contributed by atoms with E-state index >= 15 is 0 Å². The van der Waals surface area contributed by atoms with E-state index in [1.54, 1.807) is 23.5 Å². The van der Waals surface area contributed by atoms with Gasteiger partial charge in [-0.2, -0.15) is 0 Å². The maximum atomic E-state index is 13.1. The highest BCUT2D eigenvalue weighted by atomic mass is 32.2. The quantitative estimate of drug-likeness (QED) is 0.543. The topological polar surface area (TPSA) is 63.7 Å². The zero-order valence-electron chi connectivity index (χ0n) is 15.5. The molecule has 2 amide bonds. The Labute approximate surface area is 153 Å². The van der Waals surface area contributed by atoms with E-state index in [1.807, 2.05) is 33.3 Å². The van der Waals surface area contributed by atoms with Crippen LogP contribution in [0.25, 0.3) is 0 Å². The lowest BCUT2D eigenvalue weighted by atomic mass is 9.92. The van der Waals surface area contributed by atoms with Gasteiger partial charge in [0.15, 0.2) is 0 Å². The standard InChI is InChI=1S/C17H29NO4S2/c1-11(19)22-13(15(23-5)24-6)12-9-7-8-10-18(14(12)20)16(21)17(2,3)4/h12-13,15H,7-10H2,1-6H3. The van der Waals surface area contributed by atoms with Crippen molar-refractivity contribution in [2.75, 3.05) is 19.1 Å². The van der Waals surface area contributed by atoms with Crippen LogP contribution < -0.4 is 0 Å². The molecule has 0 aromatic heterocycles. The monoisotopic (exact) mass is 375 g/mol. The molecule has 0 radical (unpaired) electrons. The van der Waals surface area contributed by atoms with Gasteiger partial charge in [0.1, 0.15) is 6.10 Å². The first-order chi connectivity index (χ1) is 11.1. The van der Waals surface area contributed by atoms with E-state index in [0.29, 0.717) is 13.0 Å². The fourth-order valence-electron chi connectivity index (χ4n) is 2.86. The molecule has 1 heterocycles. The molecule has 1 aliphatic heterocycles. The van der Waals surface area contributed by atoms with Crippen molar-refractivity contribution in [3.8, 4) is 0 Å². The summed E-state index contributed by atoms with van der Waals surface area (Å²) in [4.78, 5) is 38.7. The summed E-state index contributed by atoms with van der Waals surface area (Å²) in [6, 6.07) is 0. The minimum absolute atomic E-state index is 0.0347. The predicted molar refractivity (Wildman–Crippen MR) is 99.9 cm³/mol. The Morgan fingerprint density at radius 3 is 2.25 bits per heavy atom. The molecule has 0 aliphatic carbocycles. The van der Waals surface area contributed by atoms with Crippen LogP contribution in [0.4, 0.5) is 0 Å². The second-order valence-electron chi connectivity index (χ2n) is 7.06. The lowest BCUT2D eigenvalue weighted by Gasteiger charge is -2.33. The number of likely N-dealkylation sites (tertiary alicyclic amines) is 1. The van der Waals surface area contributed by atoms with Crippen LogP contribution in [0.5, 0.6) is 0 Å². The van der Waals surface area contributed by atoms with E-state index in [1.165, 1.54) is 11.8 Å². The molecular weight excluding hydrogens is 346 g/mol. The predicted octanol–water partition coefficient (Wildman–Crippen LogP) is 3.17. The summed E-state index contributed by atoms with van der Waals surface area (Å²) in [6.45, 7) is 7.27. The number of carbonyl (C=O) groups excluding carboxylic acids is 3. The molecule has 0 spiro atoms. The zero-order valence-corrected chi connectivity index (χ0v) is 17.1. The molecule has 1 rings (SSSR count). The summed E-state index contributed by atoms with van der Waals surface area (Å²) in [5.41, 5.74) is -0.611. The molecule has 0 aromatic rings. The highest BCUT2D eigenvalue weighted by Gasteiger charge is 2.42. The van der Waals surface area contributed by atoms with Crippen LogP contribution in [-0.2, 0) is 19.1 Å². The number of esters is 1. The fourth-order valence-corrected chi connectivity index (χ4v) is 4.66. The van der Waals surface area contributed by atoms with Crippen LogP contribution in [-0.4, -0.2) is 52.4 Å². The third-order valence-corrected chi connectivity index (χ3v) is 6.67. The van der Waals surface area contributed by atoms with Crippen LogP contribution in [0.15, 0.2) is 0 Å². The molecule has 24 heavy (non-hydrogen) atoms. The number of hydrogen-bond acceptors (Lipinski definition) is 6. The third kappa shape index (κ3) is 5.41. The van der Waals surface area contributed by atoms with E-state index < -0.39 is 17.4 Å². The smallest absolute Gasteiger partial charge is 0.302 e. The van der Waals surface area contributed by atoms with Gasteiger partial charge in [-0.3, -0.25) is 19.3 Å². The minimum atomic E-state index is -0.611. The maximum absolute atomic E-state index is 13.1. The van der Waals surface area contributed by atoms with Gasteiger partial charge < -0.3 is 4.74 Å². The zero-order chi connectivity index (χ0) is 18.5. The SMILES string of the molecule is CSC(SC)C(OC(C)=O)C1CCCCN(C(=O)C(C)(C)C)C1=O. The Morgan fingerprint density at radius 1 is 1.21 bits per heavy atom. The molecule has 138 valence electrons. The normalized spacial score (nSPS) is 20.7. The first kappa shape index (κ1) is 21.4. The number of ether oxygens (including phenoxy) is 1. The number of rotatable bonds is 5. The molecule has 0 aromatic carbocycles. The maximum Gasteiger partial charge on any atom is 0.302 e. The van der Waals surface area contributed by atoms with Crippen molar-refractivity contribution in [2.45, 2.75) is 57.6 Å². The molecule has 7 heteroatoms. The summed E-state index contributed by atoms with van der Waals surface area (Å²) in [5, 5.41) is 0. The van der Waals surface area contributed by atoms with Crippen molar-refractivity contribution in [3.63, 3.8) is 0 Å². The van der Waals surface area contributed by atoms with E-state index in [4.69, 9.17) is 4.74 Å². The Morgan fingerprint density at radius 2 is 1.79 bits per heavy atom. The molecule has 2 unspecified atom stereocenters. The van der Waals surface area contributed by atoms with E-state index in [0.717, 1.165) is 12.8 Å². The molecule has 1 fully saturated rings. The second-order valence-corrected chi connectivity index (χ2v) is 9.32. The molecule has 0 saturated carbocycles. The van der Waals surface area contributed by atoms with Gasteiger partial charge in [0.05, 0.1) is 10.5 Å². The van der Waals surface area contributed by atoms with Crippen LogP contribution in [0.2, 0.25) is 0 Å². The average Bonchev–Trinajstić information content (AvgIpc) is 2.67. The third-order valence-electron chi connectivity index (χ3n) is 4.05. The van der Waals surface area contributed by atoms with Crippen molar-refractivity contribution in [1.82, 2.24) is 4.90 Å². The summed E-state index contributed by atoms with van der Waals surface area (Å²) < 4.78 is 5.50. The van der Waals surface area contributed by atoms with E-state index in [2.05, 4.69) is 0 Å². The number of carbonyl (C=O) groups is 3. The Kier molecular flexibility index (Phi) is 8.12. The van der Waals surface area contributed by atoms with Gasteiger partial charge in [-0.25, -0.2) is 0 Å². The van der Waals surface area contributed by atoms with Gasteiger partial charge >= 0.3 is 5.97 Å². The molecule has 5 nitrogen and oxygen atoms in total. The first-order valence-corrected chi connectivity index (χ1v) is 10.8. The number of hydrogen-bond donors (Lipinski definition) is 0. The highest BCUT2D eigenvalue weighted by molar-refractivity contribution is 8.16. The Bertz CT molecular complexity index is 472. The molecular formula is C17H29NO4S2. The van der Waals surface area contributed by atoms with Crippen molar-refractivity contribution < 1.29 is 19.1 Å². The summed E-state index contributed by atoms with van der Waals surface area (Å²) in [7, 11) is 0. The van der Waals surface area contributed by atoms with Crippen LogP contribution >= 0.6 is 23.5 Å². The minimum Gasteiger partial charge on any atom is -0.460 e. The second kappa shape index (κ2) is 9.13. The lowest BCUT2D eigenvalue weighted by Crippen LogP contribution is -2.49. The first-order valence-electron chi connectivity index (χ1n) is 8.22. The Hall–Kier alpha value is -0.690. The van der Waals surface area contributed by atoms with Crippen molar-refractivity contribution in [3.05, 3.63) is 0 Å². The molecule has 0 bridgehead atoms. The van der Waals surface area contributed by atoms with Gasteiger partial charge in [0.2, 0.25) is 11.8 Å². The van der Waals surface area contributed by atoms with Crippen LogP contribution in [0, 0.1) is 11.3 Å².